The summed E-state index contributed by atoms with van der Waals surface area (Å²) < 4.78 is 12.3. The maximum atomic E-state index is 11.5. The lowest BCUT2D eigenvalue weighted by Crippen LogP contribution is -2.07. The molecular weight excluding hydrogens is 410 g/mol. The molecule has 0 spiro atoms. The zero-order chi connectivity index (χ0) is 22.3. The van der Waals surface area contributed by atoms with E-state index in [1.807, 2.05) is 30.3 Å². The van der Waals surface area contributed by atoms with Gasteiger partial charge in [0.2, 0.25) is 17.8 Å². The second-order valence-electron chi connectivity index (χ2n) is 6.61. The van der Waals surface area contributed by atoms with Crippen LogP contribution in [-0.4, -0.2) is 50.7 Å². The first-order chi connectivity index (χ1) is 15.7. The molecule has 0 aliphatic rings. The number of aromatic nitrogens is 5. The van der Waals surface area contributed by atoms with Gasteiger partial charge in [-0.25, -0.2) is 15.0 Å². The SMILES string of the molecule is C=CC(=O)Nc1ccc2c(c1)ncn2-c1ncnc(Nc2ccc(OCCOC)cc2)n1. The molecule has 0 aliphatic heterocycles. The van der Waals surface area contributed by atoms with E-state index in [-0.39, 0.29) is 5.91 Å². The summed E-state index contributed by atoms with van der Waals surface area (Å²) in [4.78, 5) is 28.8. The van der Waals surface area contributed by atoms with E-state index in [4.69, 9.17) is 9.47 Å². The van der Waals surface area contributed by atoms with Crippen LogP contribution in [-0.2, 0) is 9.53 Å². The third-order valence-electron chi connectivity index (χ3n) is 4.44. The van der Waals surface area contributed by atoms with Gasteiger partial charge in [0, 0.05) is 18.5 Å². The minimum absolute atomic E-state index is 0.286. The molecule has 2 aromatic carbocycles. The fourth-order valence-electron chi connectivity index (χ4n) is 2.91. The van der Waals surface area contributed by atoms with E-state index in [0.717, 1.165) is 17.0 Å². The largest absolute Gasteiger partial charge is 0.491 e. The summed E-state index contributed by atoms with van der Waals surface area (Å²) >= 11 is 0. The Kier molecular flexibility index (Phi) is 6.33. The zero-order valence-electron chi connectivity index (χ0n) is 17.4. The zero-order valence-corrected chi connectivity index (χ0v) is 17.4. The lowest BCUT2D eigenvalue weighted by Gasteiger charge is -2.09. The van der Waals surface area contributed by atoms with Crippen molar-refractivity contribution in [3.05, 3.63) is 67.8 Å². The minimum atomic E-state index is -0.286. The summed E-state index contributed by atoms with van der Waals surface area (Å²) in [6.45, 7) is 4.47. The van der Waals surface area contributed by atoms with E-state index >= 15 is 0 Å². The van der Waals surface area contributed by atoms with Crippen LogP contribution < -0.4 is 15.4 Å². The molecule has 162 valence electrons. The molecule has 4 aromatic rings. The van der Waals surface area contributed by atoms with Crippen LogP contribution in [0.4, 0.5) is 17.3 Å². The van der Waals surface area contributed by atoms with Gasteiger partial charge >= 0.3 is 0 Å². The van der Waals surface area contributed by atoms with Crippen LogP contribution in [0, 0.1) is 0 Å². The minimum Gasteiger partial charge on any atom is -0.491 e. The number of nitrogens with zero attached hydrogens (tertiary/aromatic N) is 5. The van der Waals surface area contributed by atoms with Crippen LogP contribution in [0.15, 0.2) is 67.8 Å². The average Bonchev–Trinajstić information content (AvgIpc) is 3.24. The molecular formula is C22H21N7O3. The summed E-state index contributed by atoms with van der Waals surface area (Å²) in [6.07, 6.45) is 4.26. The quantitative estimate of drug-likeness (QED) is 0.307. The highest BCUT2D eigenvalue weighted by Crippen LogP contribution is 2.22. The fourth-order valence-corrected chi connectivity index (χ4v) is 2.91. The molecule has 2 N–H and O–H groups in total. The topological polar surface area (TPSA) is 116 Å². The van der Waals surface area contributed by atoms with Crippen molar-refractivity contribution in [3.63, 3.8) is 0 Å². The summed E-state index contributed by atoms with van der Waals surface area (Å²) in [5.74, 6) is 1.26. The van der Waals surface area contributed by atoms with Gasteiger partial charge in [-0.3, -0.25) is 9.36 Å². The first kappa shape index (κ1) is 20.9. The van der Waals surface area contributed by atoms with Crippen LogP contribution in [0.5, 0.6) is 5.75 Å². The van der Waals surface area contributed by atoms with Crippen molar-refractivity contribution >= 4 is 34.3 Å². The molecule has 10 heteroatoms. The fraction of sp³-hybridized carbons (Fsp3) is 0.136. The van der Waals surface area contributed by atoms with Crippen molar-refractivity contribution in [2.75, 3.05) is 31.0 Å². The Bertz CT molecular complexity index is 1240. The Labute approximate surface area is 184 Å². The molecule has 2 heterocycles. The number of carbonyl (C=O) groups is 1. The number of amides is 1. The molecule has 1 amide bonds. The highest BCUT2D eigenvalue weighted by molar-refractivity contribution is 6.00. The second-order valence-corrected chi connectivity index (χ2v) is 6.61. The van der Waals surface area contributed by atoms with Gasteiger partial charge in [0.05, 0.1) is 17.6 Å². The Morgan fingerprint density at radius 3 is 2.69 bits per heavy atom. The Hall–Kier alpha value is -4.31. The Balaban J connectivity index is 1.51. The Morgan fingerprint density at radius 1 is 1.09 bits per heavy atom. The summed E-state index contributed by atoms with van der Waals surface area (Å²) in [5.41, 5.74) is 2.90. The van der Waals surface area contributed by atoms with Crippen molar-refractivity contribution in [1.82, 2.24) is 24.5 Å². The van der Waals surface area contributed by atoms with E-state index < -0.39 is 0 Å². The van der Waals surface area contributed by atoms with Crippen molar-refractivity contribution in [1.29, 1.82) is 0 Å². The van der Waals surface area contributed by atoms with Crippen LogP contribution in [0.3, 0.4) is 0 Å². The van der Waals surface area contributed by atoms with E-state index in [1.165, 1.54) is 12.4 Å². The molecule has 0 fully saturated rings. The molecule has 4 rings (SSSR count). The molecule has 0 aliphatic carbocycles. The molecule has 32 heavy (non-hydrogen) atoms. The smallest absolute Gasteiger partial charge is 0.247 e. The molecule has 0 unspecified atom stereocenters. The van der Waals surface area contributed by atoms with Gasteiger partial charge in [-0.05, 0) is 48.5 Å². The highest BCUT2D eigenvalue weighted by Gasteiger charge is 2.10. The summed E-state index contributed by atoms with van der Waals surface area (Å²) in [7, 11) is 1.63. The van der Waals surface area contributed by atoms with Gasteiger partial charge < -0.3 is 20.1 Å². The van der Waals surface area contributed by atoms with Crippen molar-refractivity contribution in [2.45, 2.75) is 0 Å². The van der Waals surface area contributed by atoms with Gasteiger partial charge in [-0.2, -0.15) is 4.98 Å². The lowest BCUT2D eigenvalue weighted by atomic mass is 10.2. The maximum Gasteiger partial charge on any atom is 0.247 e. The number of fused-ring (bicyclic) bond motifs is 1. The van der Waals surface area contributed by atoms with Gasteiger partial charge in [0.15, 0.2) is 0 Å². The number of methoxy groups -OCH3 is 1. The number of ether oxygens (including phenoxy) is 2. The molecule has 0 radical (unpaired) electrons. The van der Waals surface area contributed by atoms with Crippen LogP contribution in [0.1, 0.15) is 0 Å². The first-order valence-electron chi connectivity index (χ1n) is 9.75. The number of benzene rings is 2. The predicted molar refractivity (Wildman–Crippen MR) is 120 cm³/mol. The van der Waals surface area contributed by atoms with Crippen LogP contribution >= 0.6 is 0 Å². The molecule has 0 saturated heterocycles. The molecule has 0 saturated carbocycles. The number of imidazole rings is 1. The predicted octanol–water partition coefficient (Wildman–Crippen LogP) is 3.10. The third kappa shape index (κ3) is 4.87. The Morgan fingerprint density at radius 2 is 1.91 bits per heavy atom. The van der Waals surface area contributed by atoms with Crippen molar-refractivity contribution < 1.29 is 14.3 Å². The standard InChI is InChI=1S/C22H21N7O3/c1-3-20(30)26-16-6-9-19-18(12-16)25-14-29(19)22-24-13-23-21(28-22)27-15-4-7-17(8-5-15)32-11-10-31-2/h3-9,12-14H,1,10-11H2,2H3,(H,26,30)(H,23,24,27,28). The normalized spacial score (nSPS) is 10.7. The van der Waals surface area contributed by atoms with Gasteiger partial charge in [0.25, 0.3) is 0 Å². The molecule has 10 nitrogen and oxygen atoms in total. The number of anilines is 3. The van der Waals surface area contributed by atoms with Crippen molar-refractivity contribution in [3.8, 4) is 11.7 Å². The average molecular weight is 431 g/mol. The number of carbonyl (C=O) groups excluding carboxylic acids is 1. The first-order valence-corrected chi connectivity index (χ1v) is 9.75. The van der Waals surface area contributed by atoms with Crippen LogP contribution in [0.25, 0.3) is 17.0 Å². The number of hydrogen-bond donors (Lipinski definition) is 2. The van der Waals surface area contributed by atoms with E-state index in [0.29, 0.717) is 36.3 Å². The van der Waals surface area contributed by atoms with E-state index in [2.05, 4.69) is 37.1 Å². The van der Waals surface area contributed by atoms with Gasteiger partial charge in [-0.1, -0.05) is 6.58 Å². The van der Waals surface area contributed by atoms with Gasteiger partial charge in [-0.15, -0.1) is 0 Å². The number of nitrogens with one attached hydrogen (secondary N) is 2. The molecule has 0 bridgehead atoms. The highest BCUT2D eigenvalue weighted by atomic mass is 16.5. The monoisotopic (exact) mass is 431 g/mol. The van der Waals surface area contributed by atoms with Crippen LogP contribution in [0.2, 0.25) is 0 Å². The second kappa shape index (κ2) is 9.67. The maximum absolute atomic E-state index is 11.5. The third-order valence-corrected chi connectivity index (χ3v) is 4.44. The lowest BCUT2D eigenvalue weighted by molar-refractivity contribution is -0.111. The summed E-state index contributed by atoms with van der Waals surface area (Å²) in [6, 6.07) is 12.8. The van der Waals surface area contributed by atoms with E-state index in [9.17, 15) is 4.79 Å². The molecule has 0 atom stereocenters. The van der Waals surface area contributed by atoms with E-state index in [1.54, 1.807) is 30.1 Å². The number of rotatable bonds is 9. The number of hydrogen-bond acceptors (Lipinski definition) is 8. The van der Waals surface area contributed by atoms with Gasteiger partial charge in [0.1, 0.15) is 25.0 Å². The van der Waals surface area contributed by atoms with Crippen molar-refractivity contribution in [2.24, 2.45) is 0 Å². The summed E-state index contributed by atoms with van der Waals surface area (Å²) in [5, 5.41) is 5.87. The molecule has 2 aromatic heterocycles.